The van der Waals surface area contributed by atoms with Crippen LogP contribution >= 0.6 is 0 Å². The van der Waals surface area contributed by atoms with E-state index in [2.05, 4.69) is 5.32 Å². The molecule has 0 spiro atoms. The van der Waals surface area contributed by atoms with Gasteiger partial charge in [0.05, 0.1) is 6.10 Å². The van der Waals surface area contributed by atoms with E-state index in [1.807, 2.05) is 0 Å². The summed E-state index contributed by atoms with van der Waals surface area (Å²) in [7, 11) is 1.73. The highest BCUT2D eigenvalue weighted by atomic mass is 16.5. The maximum absolute atomic E-state index is 11.3. The van der Waals surface area contributed by atoms with Crippen LogP contribution in [0.1, 0.15) is 51.4 Å². The van der Waals surface area contributed by atoms with E-state index in [0.29, 0.717) is 18.8 Å². The molecule has 2 fully saturated rings. The van der Waals surface area contributed by atoms with E-state index in [1.165, 1.54) is 32.1 Å². The molecule has 104 valence electrons. The molecule has 2 saturated carbocycles. The standard InChI is InChI=1S/C14H25NO3/c1-15-14(13(16)17)8-7-12(9-14)18-10-11-5-3-2-4-6-11/h11-12,15H,2-10H2,1H3,(H,16,17). The molecule has 0 bridgehead atoms. The number of carboxylic acid groups (broad SMARTS) is 1. The molecular formula is C14H25NO3. The second-order valence-electron chi connectivity index (χ2n) is 5.84. The Labute approximate surface area is 109 Å². The van der Waals surface area contributed by atoms with E-state index in [1.54, 1.807) is 7.05 Å². The van der Waals surface area contributed by atoms with Crippen LogP contribution in [0.5, 0.6) is 0 Å². The van der Waals surface area contributed by atoms with Gasteiger partial charge in [0.2, 0.25) is 0 Å². The predicted octanol–water partition coefficient (Wildman–Crippen LogP) is 2.18. The first-order chi connectivity index (χ1) is 8.66. The van der Waals surface area contributed by atoms with Gasteiger partial charge in [-0.25, -0.2) is 0 Å². The minimum Gasteiger partial charge on any atom is -0.480 e. The molecular weight excluding hydrogens is 230 g/mol. The van der Waals surface area contributed by atoms with Crippen LogP contribution in [0, 0.1) is 5.92 Å². The first kappa shape index (κ1) is 13.8. The fourth-order valence-electron chi connectivity index (χ4n) is 3.30. The van der Waals surface area contributed by atoms with Crippen molar-refractivity contribution in [2.24, 2.45) is 5.92 Å². The first-order valence-corrected chi connectivity index (χ1v) is 7.20. The van der Waals surface area contributed by atoms with E-state index < -0.39 is 11.5 Å². The lowest BCUT2D eigenvalue weighted by Gasteiger charge is -2.25. The number of hydrogen-bond donors (Lipinski definition) is 2. The lowest BCUT2D eigenvalue weighted by Crippen LogP contribution is -2.48. The van der Waals surface area contributed by atoms with Gasteiger partial charge in [-0.05, 0) is 38.6 Å². The SMILES string of the molecule is CNC1(C(=O)O)CCC(OCC2CCCCC2)C1. The van der Waals surface area contributed by atoms with Crippen molar-refractivity contribution in [2.75, 3.05) is 13.7 Å². The molecule has 0 aromatic rings. The summed E-state index contributed by atoms with van der Waals surface area (Å²) in [6, 6.07) is 0. The number of ether oxygens (including phenoxy) is 1. The number of likely N-dealkylation sites (N-methyl/N-ethyl adjacent to an activating group) is 1. The van der Waals surface area contributed by atoms with Crippen molar-refractivity contribution < 1.29 is 14.6 Å². The highest BCUT2D eigenvalue weighted by Gasteiger charge is 2.44. The third kappa shape index (κ3) is 3.04. The van der Waals surface area contributed by atoms with Crippen LogP contribution in [0.3, 0.4) is 0 Å². The predicted molar refractivity (Wildman–Crippen MR) is 69.6 cm³/mol. The zero-order chi connectivity index (χ0) is 13.0. The maximum Gasteiger partial charge on any atom is 0.323 e. The van der Waals surface area contributed by atoms with E-state index in [9.17, 15) is 9.90 Å². The van der Waals surface area contributed by atoms with Crippen LogP contribution in [0.4, 0.5) is 0 Å². The summed E-state index contributed by atoms with van der Waals surface area (Å²) in [5, 5.41) is 12.2. The third-order valence-electron chi connectivity index (χ3n) is 4.65. The van der Waals surface area contributed by atoms with Gasteiger partial charge in [-0.1, -0.05) is 19.3 Å². The summed E-state index contributed by atoms with van der Waals surface area (Å²) in [5.74, 6) is -0.0399. The average molecular weight is 255 g/mol. The van der Waals surface area contributed by atoms with E-state index in [0.717, 1.165) is 13.0 Å². The molecule has 0 amide bonds. The van der Waals surface area contributed by atoms with Crippen LogP contribution in [0.15, 0.2) is 0 Å². The van der Waals surface area contributed by atoms with Crippen molar-refractivity contribution in [3.63, 3.8) is 0 Å². The van der Waals surface area contributed by atoms with E-state index >= 15 is 0 Å². The number of aliphatic carboxylic acids is 1. The summed E-state index contributed by atoms with van der Waals surface area (Å²) in [6.07, 6.45) is 8.84. The topological polar surface area (TPSA) is 58.6 Å². The molecule has 2 aliphatic rings. The third-order valence-corrected chi connectivity index (χ3v) is 4.65. The molecule has 0 aromatic carbocycles. The van der Waals surface area contributed by atoms with Gasteiger partial charge in [-0.3, -0.25) is 4.79 Å². The molecule has 2 unspecified atom stereocenters. The normalized spacial score (nSPS) is 33.7. The lowest BCUT2D eigenvalue weighted by atomic mass is 9.90. The van der Waals surface area contributed by atoms with Gasteiger partial charge in [0.15, 0.2) is 0 Å². The summed E-state index contributed by atoms with van der Waals surface area (Å²) < 4.78 is 5.95. The molecule has 0 aliphatic heterocycles. The van der Waals surface area contributed by atoms with Crippen molar-refractivity contribution >= 4 is 5.97 Å². The molecule has 2 N–H and O–H groups in total. The smallest absolute Gasteiger partial charge is 0.323 e. The monoisotopic (exact) mass is 255 g/mol. The minimum atomic E-state index is -0.753. The summed E-state index contributed by atoms with van der Waals surface area (Å²) in [5.41, 5.74) is -0.753. The van der Waals surface area contributed by atoms with E-state index in [4.69, 9.17) is 4.74 Å². The zero-order valence-electron chi connectivity index (χ0n) is 11.3. The maximum atomic E-state index is 11.3. The van der Waals surface area contributed by atoms with Gasteiger partial charge < -0.3 is 15.2 Å². The van der Waals surface area contributed by atoms with Gasteiger partial charge in [0, 0.05) is 13.0 Å². The number of carbonyl (C=O) groups is 1. The quantitative estimate of drug-likeness (QED) is 0.790. The second kappa shape index (κ2) is 6.02. The molecule has 18 heavy (non-hydrogen) atoms. The van der Waals surface area contributed by atoms with Crippen LogP contribution in [-0.4, -0.2) is 36.4 Å². The van der Waals surface area contributed by atoms with Crippen LogP contribution in [0.25, 0.3) is 0 Å². The molecule has 2 rings (SSSR count). The zero-order valence-corrected chi connectivity index (χ0v) is 11.3. The van der Waals surface area contributed by atoms with Gasteiger partial charge >= 0.3 is 5.97 Å². The molecule has 4 heteroatoms. The Morgan fingerprint density at radius 1 is 1.33 bits per heavy atom. The molecule has 2 atom stereocenters. The minimum absolute atomic E-state index is 0.121. The largest absolute Gasteiger partial charge is 0.480 e. The van der Waals surface area contributed by atoms with Crippen LogP contribution in [-0.2, 0) is 9.53 Å². The van der Waals surface area contributed by atoms with Crippen LogP contribution in [0.2, 0.25) is 0 Å². The van der Waals surface area contributed by atoms with Gasteiger partial charge in [-0.15, -0.1) is 0 Å². The molecule has 2 aliphatic carbocycles. The van der Waals surface area contributed by atoms with Crippen molar-refractivity contribution in [2.45, 2.75) is 63.0 Å². The Bertz CT molecular complexity index is 289. The lowest BCUT2D eigenvalue weighted by molar-refractivity contribution is -0.144. The molecule has 4 nitrogen and oxygen atoms in total. The molecule has 0 radical (unpaired) electrons. The highest BCUT2D eigenvalue weighted by Crippen LogP contribution is 2.33. The van der Waals surface area contributed by atoms with Gasteiger partial charge in [0.25, 0.3) is 0 Å². The Morgan fingerprint density at radius 2 is 2.06 bits per heavy atom. The Balaban J connectivity index is 1.76. The van der Waals surface area contributed by atoms with Crippen molar-refractivity contribution in [3.8, 4) is 0 Å². The summed E-state index contributed by atoms with van der Waals surface area (Å²) in [6.45, 7) is 0.823. The molecule has 0 aromatic heterocycles. The van der Waals surface area contributed by atoms with E-state index in [-0.39, 0.29) is 6.10 Å². The van der Waals surface area contributed by atoms with Crippen molar-refractivity contribution in [1.82, 2.24) is 5.32 Å². The van der Waals surface area contributed by atoms with Crippen molar-refractivity contribution in [3.05, 3.63) is 0 Å². The van der Waals surface area contributed by atoms with Crippen LogP contribution < -0.4 is 5.32 Å². The van der Waals surface area contributed by atoms with Crippen molar-refractivity contribution in [1.29, 1.82) is 0 Å². The summed E-state index contributed by atoms with van der Waals surface area (Å²) in [4.78, 5) is 11.3. The molecule has 0 saturated heterocycles. The fraction of sp³-hybridized carbons (Fsp3) is 0.929. The van der Waals surface area contributed by atoms with Gasteiger partial charge in [0.1, 0.15) is 5.54 Å². The Kier molecular flexibility index (Phi) is 4.62. The van der Waals surface area contributed by atoms with Gasteiger partial charge in [-0.2, -0.15) is 0 Å². The number of nitrogens with one attached hydrogen (secondary N) is 1. The number of rotatable bonds is 5. The average Bonchev–Trinajstić information content (AvgIpc) is 2.83. The fourth-order valence-corrected chi connectivity index (χ4v) is 3.30. The highest BCUT2D eigenvalue weighted by molar-refractivity contribution is 5.79. The first-order valence-electron chi connectivity index (χ1n) is 7.20. The molecule has 0 heterocycles. The Hall–Kier alpha value is -0.610. The number of hydrogen-bond acceptors (Lipinski definition) is 3. The summed E-state index contributed by atoms with van der Waals surface area (Å²) >= 11 is 0. The second-order valence-corrected chi connectivity index (χ2v) is 5.84. The Morgan fingerprint density at radius 3 is 2.61 bits per heavy atom. The number of carboxylic acids is 1.